The molecule has 148 valence electrons. The average Bonchev–Trinajstić information content (AvgIpc) is 2.63. The molecule has 1 fully saturated rings. The van der Waals surface area contributed by atoms with Gasteiger partial charge in [0.2, 0.25) is 0 Å². The van der Waals surface area contributed by atoms with Gasteiger partial charge in [0, 0.05) is 49.8 Å². The van der Waals surface area contributed by atoms with Gasteiger partial charge < -0.3 is 15.7 Å². The fraction of sp³-hybridized carbons (Fsp3) is 0.632. The molecule has 26 heavy (non-hydrogen) atoms. The highest BCUT2D eigenvalue weighted by Crippen LogP contribution is 2.16. The predicted molar refractivity (Wildman–Crippen MR) is 123 cm³/mol. The summed E-state index contributed by atoms with van der Waals surface area (Å²) in [5.74, 6) is 1.07. The summed E-state index contributed by atoms with van der Waals surface area (Å²) in [5.41, 5.74) is 1.36. The van der Waals surface area contributed by atoms with Crippen LogP contribution in [-0.2, 0) is 6.54 Å². The van der Waals surface area contributed by atoms with E-state index >= 15 is 0 Å². The first kappa shape index (κ1) is 23.7. The molecule has 1 aromatic rings. The van der Waals surface area contributed by atoms with E-state index in [9.17, 15) is 0 Å². The third kappa shape index (κ3) is 8.54. The second-order valence-electron chi connectivity index (χ2n) is 6.83. The van der Waals surface area contributed by atoms with Crippen LogP contribution in [0.4, 0.5) is 0 Å². The van der Waals surface area contributed by atoms with E-state index in [1.165, 1.54) is 5.56 Å². The Morgan fingerprint density at radius 2 is 1.96 bits per heavy atom. The number of hydrogen-bond donors (Lipinski definition) is 3. The molecule has 0 bridgehead atoms. The van der Waals surface area contributed by atoms with Crippen molar-refractivity contribution < 1.29 is 5.11 Å². The zero-order valence-electron chi connectivity index (χ0n) is 15.7. The number of hydrogen-bond acceptors (Lipinski definition) is 3. The van der Waals surface area contributed by atoms with Gasteiger partial charge in [0.15, 0.2) is 5.96 Å². The standard InChI is InChI=1S/C19H31BrN4O.HI/c1-3-21-19(22-12-15(2)14-25)23-18-8-10-24(11-9-18)13-16-4-6-17(20)7-5-16;/h4-7,15,18,25H,3,8-14H2,1-2H3,(H2,21,22,23);1H. The van der Waals surface area contributed by atoms with Gasteiger partial charge in [-0.15, -0.1) is 24.0 Å². The zero-order valence-corrected chi connectivity index (χ0v) is 19.7. The summed E-state index contributed by atoms with van der Waals surface area (Å²) in [5, 5.41) is 16.0. The number of benzene rings is 1. The van der Waals surface area contributed by atoms with Gasteiger partial charge in [0.1, 0.15) is 0 Å². The lowest BCUT2D eigenvalue weighted by Crippen LogP contribution is -2.48. The Kier molecular flexibility index (Phi) is 11.7. The molecule has 7 heteroatoms. The van der Waals surface area contributed by atoms with Crippen molar-refractivity contribution >= 4 is 45.9 Å². The van der Waals surface area contributed by atoms with E-state index in [0.717, 1.165) is 49.5 Å². The third-order valence-corrected chi connectivity index (χ3v) is 4.99. The lowest BCUT2D eigenvalue weighted by Gasteiger charge is -2.33. The van der Waals surface area contributed by atoms with Gasteiger partial charge in [0.25, 0.3) is 0 Å². The van der Waals surface area contributed by atoms with Crippen molar-refractivity contribution in [3.63, 3.8) is 0 Å². The minimum atomic E-state index is 0. The smallest absolute Gasteiger partial charge is 0.191 e. The molecule has 0 aliphatic carbocycles. The van der Waals surface area contributed by atoms with Crippen molar-refractivity contribution in [3.05, 3.63) is 34.3 Å². The molecule has 1 atom stereocenters. The van der Waals surface area contributed by atoms with Crippen molar-refractivity contribution in [2.24, 2.45) is 10.9 Å². The molecule has 0 spiro atoms. The van der Waals surface area contributed by atoms with Crippen LogP contribution < -0.4 is 10.6 Å². The van der Waals surface area contributed by atoms with Crippen molar-refractivity contribution in [1.82, 2.24) is 15.5 Å². The number of rotatable bonds is 7. The molecular weight excluding hydrogens is 507 g/mol. The highest BCUT2D eigenvalue weighted by atomic mass is 127. The second-order valence-corrected chi connectivity index (χ2v) is 7.74. The van der Waals surface area contributed by atoms with Crippen molar-refractivity contribution in [2.75, 3.05) is 32.8 Å². The molecule has 1 aromatic carbocycles. The number of guanidine groups is 1. The van der Waals surface area contributed by atoms with Crippen LogP contribution in [0.1, 0.15) is 32.3 Å². The fourth-order valence-corrected chi connectivity index (χ4v) is 3.17. The lowest BCUT2D eigenvalue weighted by atomic mass is 10.0. The highest BCUT2D eigenvalue weighted by molar-refractivity contribution is 14.0. The molecule has 1 heterocycles. The molecule has 3 N–H and O–H groups in total. The van der Waals surface area contributed by atoms with Crippen LogP contribution in [0.3, 0.4) is 0 Å². The van der Waals surface area contributed by atoms with Crippen molar-refractivity contribution in [2.45, 2.75) is 39.3 Å². The Morgan fingerprint density at radius 3 is 2.54 bits per heavy atom. The van der Waals surface area contributed by atoms with Crippen LogP contribution in [0.5, 0.6) is 0 Å². The number of piperidine rings is 1. The number of nitrogens with one attached hydrogen (secondary N) is 2. The molecule has 1 unspecified atom stereocenters. The van der Waals surface area contributed by atoms with Gasteiger partial charge in [-0.25, -0.2) is 0 Å². The summed E-state index contributed by atoms with van der Waals surface area (Å²) >= 11 is 3.49. The maximum atomic E-state index is 9.15. The Hall–Kier alpha value is -0.380. The van der Waals surface area contributed by atoms with E-state index in [1.54, 1.807) is 0 Å². The quantitative estimate of drug-likeness (QED) is 0.283. The molecule has 1 saturated heterocycles. The van der Waals surface area contributed by atoms with E-state index in [4.69, 9.17) is 5.11 Å². The Balaban J connectivity index is 0.00000338. The Bertz CT molecular complexity index is 533. The van der Waals surface area contributed by atoms with E-state index < -0.39 is 0 Å². The monoisotopic (exact) mass is 538 g/mol. The number of likely N-dealkylation sites (tertiary alicyclic amines) is 1. The first-order valence-corrected chi connectivity index (χ1v) is 10.0. The number of aliphatic hydroxyl groups is 1. The molecule has 5 nitrogen and oxygen atoms in total. The SMILES string of the molecule is CCNC(=NCC(C)CO)NC1CCN(Cc2ccc(Br)cc2)CC1.I. The Labute approximate surface area is 183 Å². The van der Waals surface area contributed by atoms with Crippen LogP contribution in [0.25, 0.3) is 0 Å². The first-order valence-electron chi connectivity index (χ1n) is 9.23. The van der Waals surface area contributed by atoms with Gasteiger partial charge in [-0.1, -0.05) is 35.0 Å². The maximum absolute atomic E-state index is 9.15. The van der Waals surface area contributed by atoms with E-state index in [2.05, 4.69) is 67.6 Å². The van der Waals surface area contributed by atoms with Crippen LogP contribution in [-0.4, -0.2) is 54.8 Å². The van der Waals surface area contributed by atoms with Crippen LogP contribution in [0.15, 0.2) is 33.7 Å². The van der Waals surface area contributed by atoms with Crippen LogP contribution >= 0.6 is 39.9 Å². The molecule has 0 saturated carbocycles. The summed E-state index contributed by atoms with van der Waals surface area (Å²) in [6.07, 6.45) is 2.24. The molecule has 0 amide bonds. The largest absolute Gasteiger partial charge is 0.396 e. The average molecular weight is 539 g/mol. The lowest BCUT2D eigenvalue weighted by molar-refractivity contribution is 0.198. The van der Waals surface area contributed by atoms with Crippen molar-refractivity contribution in [3.8, 4) is 0 Å². The number of aliphatic hydroxyl groups excluding tert-OH is 1. The number of aliphatic imine (C=N–C) groups is 1. The summed E-state index contributed by atoms with van der Waals surface area (Å²) in [4.78, 5) is 7.10. The summed E-state index contributed by atoms with van der Waals surface area (Å²) in [6, 6.07) is 9.05. The van der Waals surface area contributed by atoms with Crippen molar-refractivity contribution in [1.29, 1.82) is 0 Å². The summed E-state index contributed by atoms with van der Waals surface area (Å²) < 4.78 is 1.13. The third-order valence-electron chi connectivity index (χ3n) is 4.46. The van der Waals surface area contributed by atoms with Gasteiger partial charge in [-0.3, -0.25) is 9.89 Å². The van der Waals surface area contributed by atoms with Crippen LogP contribution in [0.2, 0.25) is 0 Å². The van der Waals surface area contributed by atoms with Gasteiger partial charge in [-0.05, 0) is 43.4 Å². The first-order chi connectivity index (χ1) is 12.1. The number of nitrogens with zero attached hydrogens (tertiary/aromatic N) is 2. The van der Waals surface area contributed by atoms with Gasteiger partial charge in [-0.2, -0.15) is 0 Å². The van der Waals surface area contributed by atoms with Crippen LogP contribution in [0, 0.1) is 5.92 Å². The number of halogens is 2. The van der Waals surface area contributed by atoms with Gasteiger partial charge in [0.05, 0.1) is 0 Å². The second kappa shape index (κ2) is 12.9. The molecule has 1 aliphatic rings. The topological polar surface area (TPSA) is 59.9 Å². The fourth-order valence-electron chi connectivity index (χ4n) is 2.90. The Morgan fingerprint density at radius 1 is 1.31 bits per heavy atom. The van der Waals surface area contributed by atoms with E-state index in [0.29, 0.717) is 12.6 Å². The zero-order chi connectivity index (χ0) is 18.1. The summed E-state index contributed by atoms with van der Waals surface area (Å²) in [6.45, 7) is 8.97. The molecule has 1 aliphatic heterocycles. The minimum absolute atomic E-state index is 0. The van der Waals surface area contributed by atoms with E-state index in [-0.39, 0.29) is 36.5 Å². The molecule has 0 aromatic heterocycles. The summed E-state index contributed by atoms with van der Waals surface area (Å²) in [7, 11) is 0. The molecule has 2 rings (SSSR count). The normalized spacial score (nSPS) is 17.5. The van der Waals surface area contributed by atoms with E-state index in [1.807, 2.05) is 6.92 Å². The van der Waals surface area contributed by atoms with Gasteiger partial charge >= 0.3 is 0 Å². The highest BCUT2D eigenvalue weighted by Gasteiger charge is 2.20. The molecule has 0 radical (unpaired) electrons. The minimum Gasteiger partial charge on any atom is -0.396 e. The predicted octanol–water partition coefficient (Wildman–Crippen LogP) is 3.22. The molecular formula is C19H32BrIN4O. The maximum Gasteiger partial charge on any atom is 0.191 e.